The lowest BCUT2D eigenvalue weighted by Gasteiger charge is -2.25. The molecule has 0 amide bonds. The normalized spacial score (nSPS) is 22.8. The van der Waals surface area contributed by atoms with Crippen molar-refractivity contribution in [2.75, 3.05) is 26.7 Å². The molecule has 0 atom stereocenters. The van der Waals surface area contributed by atoms with E-state index in [9.17, 15) is 0 Å². The van der Waals surface area contributed by atoms with Crippen LogP contribution in [0.2, 0.25) is 0 Å². The van der Waals surface area contributed by atoms with Crippen molar-refractivity contribution in [2.24, 2.45) is 5.92 Å². The third-order valence-corrected chi connectivity index (χ3v) is 1.96. The van der Waals surface area contributed by atoms with E-state index in [2.05, 4.69) is 30.9 Å². The monoisotopic (exact) mass is 142 g/mol. The van der Waals surface area contributed by atoms with Gasteiger partial charge in [0.2, 0.25) is 0 Å². The van der Waals surface area contributed by atoms with Gasteiger partial charge in [0.15, 0.2) is 0 Å². The lowest BCUT2D eigenvalue weighted by molar-refractivity contribution is 0.0440. The van der Waals surface area contributed by atoms with Gasteiger partial charge in [0.1, 0.15) is 0 Å². The zero-order valence-corrected chi connectivity index (χ0v) is 7.30. The molecule has 2 nitrogen and oxygen atoms in total. The van der Waals surface area contributed by atoms with Crippen molar-refractivity contribution in [1.29, 1.82) is 0 Å². The van der Waals surface area contributed by atoms with Crippen molar-refractivity contribution in [3.63, 3.8) is 0 Å². The average molecular weight is 142 g/mol. The summed E-state index contributed by atoms with van der Waals surface area (Å²) in [6, 6.07) is 0. The number of rotatable bonds is 2. The summed E-state index contributed by atoms with van der Waals surface area (Å²) in [5, 5.41) is 4.77. The molecule has 1 aliphatic heterocycles. The van der Waals surface area contributed by atoms with Crippen LogP contribution in [0.25, 0.3) is 0 Å². The Morgan fingerprint density at radius 1 is 1.30 bits per heavy atom. The quantitative estimate of drug-likeness (QED) is 0.571. The Bertz CT molecular complexity index is 101. The standard InChI is InChI=1S/C8H18N2/c1-8(2)7-10-6-4-5-9(10)3/h8H,4-7H2,1-3H3. The van der Waals surface area contributed by atoms with Crippen molar-refractivity contribution in [3.8, 4) is 0 Å². The van der Waals surface area contributed by atoms with E-state index < -0.39 is 0 Å². The molecular weight excluding hydrogens is 124 g/mol. The molecule has 0 aliphatic carbocycles. The zero-order valence-electron chi connectivity index (χ0n) is 7.30. The number of hydrogen-bond donors (Lipinski definition) is 0. The average Bonchev–Trinajstić information content (AvgIpc) is 2.15. The van der Waals surface area contributed by atoms with Crippen LogP contribution in [0.15, 0.2) is 0 Å². The maximum Gasteiger partial charge on any atom is 0.0156 e. The van der Waals surface area contributed by atoms with Gasteiger partial charge in [-0.3, -0.25) is 0 Å². The largest absolute Gasteiger partial charge is 0.245 e. The van der Waals surface area contributed by atoms with Crippen molar-refractivity contribution in [3.05, 3.63) is 0 Å². The van der Waals surface area contributed by atoms with Crippen LogP contribution in [0.5, 0.6) is 0 Å². The van der Waals surface area contributed by atoms with Crippen LogP contribution in [-0.4, -0.2) is 36.7 Å². The first-order valence-electron chi connectivity index (χ1n) is 4.16. The van der Waals surface area contributed by atoms with Crippen molar-refractivity contribution in [2.45, 2.75) is 20.3 Å². The molecule has 0 saturated carbocycles. The molecule has 1 saturated heterocycles. The first-order chi connectivity index (χ1) is 4.70. The van der Waals surface area contributed by atoms with E-state index >= 15 is 0 Å². The summed E-state index contributed by atoms with van der Waals surface area (Å²) in [4.78, 5) is 0. The minimum atomic E-state index is 0.792. The number of hydrazine groups is 1. The van der Waals surface area contributed by atoms with E-state index in [4.69, 9.17) is 0 Å². The molecule has 0 aromatic heterocycles. The molecule has 0 aromatic rings. The summed E-state index contributed by atoms with van der Waals surface area (Å²) in [5.74, 6) is 0.792. The molecule has 1 rings (SSSR count). The molecule has 0 spiro atoms. The molecule has 0 radical (unpaired) electrons. The van der Waals surface area contributed by atoms with Gasteiger partial charge in [-0.05, 0) is 12.3 Å². The molecule has 0 N–H and O–H groups in total. The third-order valence-electron chi connectivity index (χ3n) is 1.96. The van der Waals surface area contributed by atoms with Crippen LogP contribution in [0.4, 0.5) is 0 Å². The summed E-state index contributed by atoms with van der Waals surface area (Å²) in [5.41, 5.74) is 0. The van der Waals surface area contributed by atoms with Crippen molar-refractivity contribution < 1.29 is 0 Å². The molecule has 0 bridgehead atoms. The van der Waals surface area contributed by atoms with Gasteiger partial charge in [0.25, 0.3) is 0 Å². The Morgan fingerprint density at radius 3 is 2.40 bits per heavy atom. The lowest BCUT2D eigenvalue weighted by atomic mass is 10.2. The predicted molar refractivity (Wildman–Crippen MR) is 43.7 cm³/mol. The summed E-state index contributed by atoms with van der Waals surface area (Å²) >= 11 is 0. The van der Waals surface area contributed by atoms with Gasteiger partial charge >= 0.3 is 0 Å². The van der Waals surface area contributed by atoms with Crippen LogP contribution >= 0.6 is 0 Å². The Labute approximate surface area is 63.8 Å². The summed E-state index contributed by atoms with van der Waals surface area (Å²) in [6.07, 6.45) is 1.34. The number of hydrogen-bond acceptors (Lipinski definition) is 2. The molecule has 0 aromatic carbocycles. The minimum Gasteiger partial charge on any atom is -0.245 e. The van der Waals surface area contributed by atoms with E-state index in [0.717, 1.165) is 5.92 Å². The molecule has 0 unspecified atom stereocenters. The fraction of sp³-hybridized carbons (Fsp3) is 1.00. The van der Waals surface area contributed by atoms with E-state index in [0.29, 0.717) is 0 Å². The zero-order chi connectivity index (χ0) is 7.56. The second-order valence-electron chi connectivity index (χ2n) is 3.54. The Morgan fingerprint density at radius 2 is 2.00 bits per heavy atom. The highest BCUT2D eigenvalue weighted by atomic mass is 15.6. The van der Waals surface area contributed by atoms with Gasteiger partial charge in [-0.2, -0.15) is 0 Å². The van der Waals surface area contributed by atoms with Gasteiger partial charge in [0.05, 0.1) is 0 Å². The summed E-state index contributed by atoms with van der Waals surface area (Å²) < 4.78 is 0. The topological polar surface area (TPSA) is 6.48 Å². The van der Waals surface area contributed by atoms with Crippen LogP contribution in [-0.2, 0) is 0 Å². The van der Waals surface area contributed by atoms with Gasteiger partial charge in [0, 0.05) is 26.7 Å². The van der Waals surface area contributed by atoms with Gasteiger partial charge in [-0.25, -0.2) is 10.0 Å². The van der Waals surface area contributed by atoms with Gasteiger partial charge < -0.3 is 0 Å². The molecule has 1 heterocycles. The van der Waals surface area contributed by atoms with Gasteiger partial charge in [-0.1, -0.05) is 13.8 Å². The fourth-order valence-corrected chi connectivity index (χ4v) is 1.45. The highest BCUT2D eigenvalue weighted by Gasteiger charge is 2.17. The fourth-order valence-electron chi connectivity index (χ4n) is 1.45. The maximum atomic E-state index is 2.44. The maximum absolute atomic E-state index is 2.44. The Balaban J connectivity index is 2.26. The van der Waals surface area contributed by atoms with Crippen LogP contribution in [0.3, 0.4) is 0 Å². The second kappa shape index (κ2) is 3.35. The molecule has 1 aliphatic rings. The van der Waals surface area contributed by atoms with E-state index in [1.54, 1.807) is 0 Å². The van der Waals surface area contributed by atoms with E-state index in [1.165, 1.54) is 26.1 Å². The highest BCUT2D eigenvalue weighted by Crippen LogP contribution is 2.09. The summed E-state index contributed by atoms with van der Waals surface area (Å²) in [6.45, 7) is 8.26. The van der Waals surface area contributed by atoms with Gasteiger partial charge in [-0.15, -0.1) is 0 Å². The van der Waals surface area contributed by atoms with Crippen molar-refractivity contribution in [1.82, 2.24) is 10.0 Å². The second-order valence-corrected chi connectivity index (χ2v) is 3.54. The molecule has 60 valence electrons. The van der Waals surface area contributed by atoms with Crippen molar-refractivity contribution >= 4 is 0 Å². The Kier molecular flexibility index (Phi) is 2.69. The molecule has 10 heavy (non-hydrogen) atoms. The highest BCUT2D eigenvalue weighted by molar-refractivity contribution is 4.64. The van der Waals surface area contributed by atoms with Crippen LogP contribution < -0.4 is 0 Å². The smallest absolute Gasteiger partial charge is 0.0156 e. The predicted octanol–water partition coefficient (Wildman–Crippen LogP) is 1.19. The SMILES string of the molecule is CC(C)CN1CCCN1C. The first kappa shape index (κ1) is 8.02. The molecule has 2 heteroatoms. The molecular formula is C8H18N2. The third kappa shape index (κ3) is 1.96. The van der Waals surface area contributed by atoms with Crippen LogP contribution in [0, 0.1) is 5.92 Å². The Hall–Kier alpha value is -0.0800. The summed E-state index contributed by atoms with van der Waals surface area (Å²) in [7, 11) is 2.18. The number of nitrogens with zero attached hydrogens (tertiary/aromatic N) is 2. The molecule has 1 fully saturated rings. The minimum absolute atomic E-state index is 0.792. The van der Waals surface area contributed by atoms with E-state index in [-0.39, 0.29) is 0 Å². The van der Waals surface area contributed by atoms with E-state index in [1.807, 2.05) is 0 Å². The first-order valence-corrected chi connectivity index (χ1v) is 4.16. The van der Waals surface area contributed by atoms with Crippen LogP contribution in [0.1, 0.15) is 20.3 Å². The lowest BCUT2D eigenvalue weighted by Crippen LogP contribution is -2.35.